The normalized spacial score (nSPS) is 23.6. The zero-order valence-corrected chi connectivity index (χ0v) is 16.6. The first-order chi connectivity index (χ1) is 14.4. The number of terminal acetylenes is 1. The van der Waals surface area contributed by atoms with Gasteiger partial charge >= 0.3 is 6.16 Å². The Labute approximate surface area is 172 Å². The number of hydrogen-bond acceptors (Lipinski definition) is 5. The van der Waals surface area contributed by atoms with E-state index in [1.54, 1.807) is 4.57 Å². The summed E-state index contributed by atoms with van der Waals surface area (Å²) in [6.07, 6.45) is 7.42. The Morgan fingerprint density at radius 1 is 1.27 bits per heavy atom. The molecule has 0 spiro atoms. The van der Waals surface area contributed by atoms with Crippen molar-refractivity contribution in [2.45, 2.75) is 18.9 Å². The molecule has 2 atom stereocenters. The van der Waals surface area contributed by atoms with E-state index in [9.17, 15) is 9.59 Å². The second kappa shape index (κ2) is 6.74. The summed E-state index contributed by atoms with van der Waals surface area (Å²) in [6.45, 7) is 3.40. The number of likely N-dealkylation sites (tertiary alicyclic amines) is 1. The number of aromatic nitrogens is 1. The van der Waals surface area contributed by atoms with Crippen LogP contribution in [0.4, 0.5) is 14.9 Å². The summed E-state index contributed by atoms with van der Waals surface area (Å²) < 4.78 is 21.8. The molecule has 1 N–H and O–H groups in total. The molecule has 2 saturated heterocycles. The monoisotopic (exact) mass is 411 g/mol. The van der Waals surface area contributed by atoms with Gasteiger partial charge in [-0.2, -0.15) is 0 Å². The van der Waals surface area contributed by atoms with Gasteiger partial charge in [-0.05, 0) is 37.8 Å². The lowest BCUT2D eigenvalue weighted by molar-refractivity contribution is 0.143. The maximum atomic E-state index is 15.3. The van der Waals surface area contributed by atoms with Crippen molar-refractivity contribution in [2.75, 3.05) is 38.1 Å². The molecule has 3 fully saturated rings. The summed E-state index contributed by atoms with van der Waals surface area (Å²) >= 11 is 0. The second-order valence-electron chi connectivity index (χ2n) is 8.60. The van der Waals surface area contributed by atoms with Crippen molar-refractivity contribution in [1.82, 2.24) is 9.47 Å². The fourth-order valence-electron chi connectivity index (χ4n) is 5.12. The Balaban J connectivity index is 1.70. The molecule has 7 nitrogen and oxygen atoms in total. The average Bonchev–Trinajstić information content (AvgIpc) is 3.37. The standard InChI is InChI=1S/C22H22FN3O4/c1-3-15-19-16(21(27)18(30-22(28)29)11-26(19)14-4-5-14)6-17(23)20(15)25-9-12-7-24(2)8-13(12)10-25/h1,6,11-14H,4-5,7-10H2,2H3,(H,28,29). The average molecular weight is 411 g/mol. The van der Waals surface area contributed by atoms with E-state index in [-0.39, 0.29) is 17.2 Å². The van der Waals surface area contributed by atoms with Crippen molar-refractivity contribution in [2.24, 2.45) is 11.8 Å². The molecule has 8 heteroatoms. The van der Waals surface area contributed by atoms with E-state index < -0.39 is 17.4 Å². The van der Waals surface area contributed by atoms with Crippen molar-refractivity contribution in [3.8, 4) is 18.1 Å². The number of nitrogens with zero attached hydrogens (tertiary/aromatic N) is 3. The largest absolute Gasteiger partial charge is 0.511 e. The van der Waals surface area contributed by atoms with Crippen LogP contribution in [0.3, 0.4) is 0 Å². The summed E-state index contributed by atoms with van der Waals surface area (Å²) in [7, 11) is 2.09. The minimum Gasteiger partial charge on any atom is -0.449 e. The third kappa shape index (κ3) is 2.92. The molecule has 2 aromatic rings. The summed E-state index contributed by atoms with van der Waals surface area (Å²) in [5, 5.41) is 9.01. The molecule has 156 valence electrons. The van der Waals surface area contributed by atoms with Gasteiger partial charge in [0.05, 0.1) is 28.4 Å². The van der Waals surface area contributed by atoms with Crippen molar-refractivity contribution >= 4 is 22.7 Å². The number of pyridine rings is 1. The Bertz CT molecular complexity index is 1150. The van der Waals surface area contributed by atoms with Gasteiger partial charge in [0.2, 0.25) is 5.43 Å². The fourth-order valence-corrected chi connectivity index (χ4v) is 5.12. The molecule has 2 unspecified atom stereocenters. The summed E-state index contributed by atoms with van der Waals surface area (Å²) in [5.41, 5.74) is 0.520. The number of carboxylic acid groups (broad SMARTS) is 1. The molecule has 3 heterocycles. The molecule has 3 aliphatic rings. The molecule has 1 aliphatic carbocycles. The highest BCUT2D eigenvalue weighted by Crippen LogP contribution is 2.42. The van der Waals surface area contributed by atoms with E-state index >= 15 is 4.39 Å². The van der Waals surface area contributed by atoms with Crippen LogP contribution < -0.4 is 15.1 Å². The number of carbonyl (C=O) groups is 1. The molecule has 0 radical (unpaired) electrons. The first-order valence-corrected chi connectivity index (χ1v) is 10.1. The number of anilines is 1. The number of benzene rings is 1. The van der Waals surface area contributed by atoms with Crippen LogP contribution in [-0.4, -0.2) is 54.0 Å². The van der Waals surface area contributed by atoms with E-state index in [4.69, 9.17) is 11.5 Å². The lowest BCUT2D eigenvalue weighted by Gasteiger charge is -2.25. The molecule has 1 saturated carbocycles. The van der Waals surface area contributed by atoms with Gasteiger partial charge in [0.25, 0.3) is 0 Å². The predicted octanol–water partition coefficient (Wildman–Crippen LogP) is 2.51. The lowest BCUT2D eigenvalue weighted by Crippen LogP contribution is -2.28. The van der Waals surface area contributed by atoms with Gasteiger partial charge in [-0.25, -0.2) is 9.18 Å². The van der Waals surface area contributed by atoms with Gasteiger partial charge < -0.3 is 24.2 Å². The minimum atomic E-state index is -1.59. The number of ether oxygens (including phenoxy) is 1. The van der Waals surface area contributed by atoms with Gasteiger partial charge in [-0.15, -0.1) is 6.42 Å². The summed E-state index contributed by atoms with van der Waals surface area (Å²) in [5.74, 6) is 2.67. The Morgan fingerprint density at radius 2 is 1.93 bits per heavy atom. The van der Waals surface area contributed by atoms with Gasteiger partial charge in [0, 0.05) is 32.2 Å². The Kier molecular flexibility index (Phi) is 4.26. The van der Waals surface area contributed by atoms with E-state index in [1.165, 1.54) is 12.3 Å². The maximum Gasteiger partial charge on any atom is 0.511 e. The van der Waals surface area contributed by atoms with Crippen LogP contribution in [0.5, 0.6) is 5.75 Å². The van der Waals surface area contributed by atoms with Gasteiger partial charge in [0.1, 0.15) is 5.82 Å². The van der Waals surface area contributed by atoms with Crippen LogP contribution >= 0.6 is 0 Å². The first kappa shape index (κ1) is 18.9. The highest BCUT2D eigenvalue weighted by molar-refractivity contribution is 5.92. The third-order valence-electron chi connectivity index (χ3n) is 6.48. The van der Waals surface area contributed by atoms with E-state index in [0.717, 1.165) is 39.0 Å². The van der Waals surface area contributed by atoms with Gasteiger partial charge in [0.15, 0.2) is 5.75 Å². The van der Waals surface area contributed by atoms with Crippen LogP contribution in [0.1, 0.15) is 24.4 Å². The summed E-state index contributed by atoms with van der Waals surface area (Å²) in [4.78, 5) is 28.2. The Hall–Kier alpha value is -3.05. The van der Waals surface area contributed by atoms with Crippen LogP contribution in [0.25, 0.3) is 10.9 Å². The third-order valence-corrected chi connectivity index (χ3v) is 6.48. The maximum absolute atomic E-state index is 15.3. The van der Waals surface area contributed by atoms with Crippen molar-refractivity contribution in [3.05, 3.63) is 33.9 Å². The molecule has 1 aromatic carbocycles. The van der Waals surface area contributed by atoms with Crippen molar-refractivity contribution < 1.29 is 19.0 Å². The fraction of sp³-hybridized carbons (Fsp3) is 0.455. The predicted molar refractivity (Wildman–Crippen MR) is 110 cm³/mol. The minimum absolute atomic E-state index is 0.0500. The molecular weight excluding hydrogens is 389 g/mol. The zero-order chi connectivity index (χ0) is 21.2. The number of halogens is 1. The number of fused-ring (bicyclic) bond motifs is 2. The Morgan fingerprint density at radius 3 is 2.50 bits per heavy atom. The quantitative estimate of drug-likeness (QED) is 0.618. The highest BCUT2D eigenvalue weighted by atomic mass is 19.1. The lowest BCUT2D eigenvalue weighted by atomic mass is 10.0. The van der Waals surface area contributed by atoms with Crippen molar-refractivity contribution in [1.29, 1.82) is 0 Å². The molecule has 2 aliphatic heterocycles. The second-order valence-corrected chi connectivity index (χ2v) is 8.60. The number of hydrogen-bond donors (Lipinski definition) is 1. The molecule has 5 rings (SSSR count). The van der Waals surface area contributed by atoms with Crippen LogP contribution in [-0.2, 0) is 0 Å². The number of rotatable bonds is 3. The molecule has 30 heavy (non-hydrogen) atoms. The SMILES string of the molecule is C#Cc1c(N2CC3CN(C)CC3C2)c(F)cc2c(=O)c(OC(=O)O)cn(C3CC3)c12. The van der Waals surface area contributed by atoms with Crippen molar-refractivity contribution in [3.63, 3.8) is 0 Å². The molecule has 0 bridgehead atoms. The van der Waals surface area contributed by atoms with Crippen LogP contribution in [0.15, 0.2) is 17.1 Å². The van der Waals surface area contributed by atoms with Gasteiger partial charge in [-0.1, -0.05) is 5.92 Å². The zero-order valence-electron chi connectivity index (χ0n) is 16.6. The van der Waals surface area contributed by atoms with Crippen LogP contribution in [0.2, 0.25) is 0 Å². The molecule has 0 amide bonds. The van der Waals surface area contributed by atoms with E-state index in [2.05, 4.69) is 22.6 Å². The smallest absolute Gasteiger partial charge is 0.449 e. The summed E-state index contributed by atoms with van der Waals surface area (Å²) in [6, 6.07) is 1.27. The van der Waals surface area contributed by atoms with Gasteiger partial charge in [-0.3, -0.25) is 4.79 Å². The van der Waals surface area contributed by atoms with E-state index in [1.807, 2.05) is 4.90 Å². The first-order valence-electron chi connectivity index (χ1n) is 10.1. The topological polar surface area (TPSA) is 75.0 Å². The molecule has 1 aromatic heterocycles. The van der Waals surface area contributed by atoms with E-state index in [0.29, 0.717) is 28.6 Å². The molecular formula is C22H22FN3O4. The highest BCUT2D eigenvalue weighted by Gasteiger charge is 2.40. The van der Waals surface area contributed by atoms with Crippen LogP contribution in [0, 0.1) is 30.0 Å².